The summed E-state index contributed by atoms with van der Waals surface area (Å²) < 4.78 is 11.3. The number of aromatic nitrogens is 2. The van der Waals surface area contributed by atoms with Crippen molar-refractivity contribution in [2.24, 2.45) is 0 Å². The van der Waals surface area contributed by atoms with E-state index in [4.69, 9.17) is 19.4 Å². The molecule has 0 spiro atoms. The van der Waals surface area contributed by atoms with Crippen molar-refractivity contribution < 1.29 is 19.7 Å². The number of nitrogens with one attached hydrogen (secondary N) is 2. The highest BCUT2D eigenvalue weighted by Crippen LogP contribution is 2.31. The first-order chi connectivity index (χ1) is 15.5. The Kier molecular flexibility index (Phi) is 7.41. The van der Waals surface area contributed by atoms with E-state index in [9.17, 15) is 10.2 Å². The Morgan fingerprint density at radius 1 is 1.31 bits per heavy atom. The van der Waals surface area contributed by atoms with E-state index in [-0.39, 0.29) is 18.8 Å². The van der Waals surface area contributed by atoms with E-state index >= 15 is 0 Å². The highest BCUT2D eigenvalue weighted by atomic mass is 16.5. The van der Waals surface area contributed by atoms with Gasteiger partial charge in [-0.05, 0) is 38.9 Å². The molecule has 0 saturated carbocycles. The number of hydrogen-bond donors (Lipinski definition) is 4. The van der Waals surface area contributed by atoms with E-state index in [0.717, 1.165) is 48.8 Å². The molecule has 4 rings (SSSR count). The van der Waals surface area contributed by atoms with Crippen molar-refractivity contribution in [3.63, 3.8) is 0 Å². The first-order valence-electron chi connectivity index (χ1n) is 11.3. The third-order valence-corrected chi connectivity index (χ3v) is 5.83. The molecule has 1 unspecified atom stereocenters. The van der Waals surface area contributed by atoms with Crippen molar-refractivity contribution in [1.29, 1.82) is 0 Å². The number of hydrogen-bond acceptors (Lipinski definition) is 9. The largest absolute Gasteiger partial charge is 0.491 e. The Bertz CT molecular complexity index is 906. The van der Waals surface area contributed by atoms with E-state index in [1.165, 1.54) is 0 Å². The van der Waals surface area contributed by atoms with Gasteiger partial charge < -0.3 is 35.2 Å². The minimum absolute atomic E-state index is 0.199. The molecule has 174 valence electrons. The lowest BCUT2D eigenvalue weighted by molar-refractivity contribution is 0.108. The van der Waals surface area contributed by atoms with E-state index in [1.54, 1.807) is 7.05 Å². The van der Waals surface area contributed by atoms with Gasteiger partial charge in [-0.3, -0.25) is 0 Å². The van der Waals surface area contributed by atoms with Crippen LogP contribution in [0.2, 0.25) is 0 Å². The zero-order chi connectivity index (χ0) is 22.5. The van der Waals surface area contributed by atoms with Gasteiger partial charge in [-0.2, -0.15) is 0 Å². The minimum atomic E-state index is -0.586. The van der Waals surface area contributed by atoms with Crippen LogP contribution < -0.4 is 20.3 Å². The van der Waals surface area contributed by atoms with Gasteiger partial charge >= 0.3 is 0 Å². The zero-order valence-corrected chi connectivity index (χ0v) is 18.8. The highest BCUT2D eigenvalue weighted by Gasteiger charge is 2.26. The fourth-order valence-corrected chi connectivity index (χ4v) is 4.07. The Morgan fingerprint density at radius 2 is 2.19 bits per heavy atom. The highest BCUT2D eigenvalue weighted by molar-refractivity contribution is 5.67. The fourth-order valence-electron chi connectivity index (χ4n) is 4.07. The summed E-state index contributed by atoms with van der Waals surface area (Å²) in [4.78, 5) is 11.8. The number of nitrogens with zero attached hydrogens (tertiary/aromatic N) is 3. The lowest BCUT2D eigenvalue weighted by Gasteiger charge is -2.23. The average molecular weight is 444 g/mol. The molecule has 32 heavy (non-hydrogen) atoms. The van der Waals surface area contributed by atoms with Crippen LogP contribution in [0.3, 0.4) is 0 Å². The first-order valence-corrected chi connectivity index (χ1v) is 11.3. The summed E-state index contributed by atoms with van der Waals surface area (Å²) in [6.07, 6.45) is 0.746. The molecule has 2 aromatic rings. The summed E-state index contributed by atoms with van der Waals surface area (Å²) in [6.45, 7) is 5.42. The van der Waals surface area contributed by atoms with E-state index in [0.29, 0.717) is 31.3 Å². The maximum atomic E-state index is 10.1. The monoisotopic (exact) mass is 443 g/mol. The molecule has 1 aromatic heterocycles. The van der Waals surface area contributed by atoms with Gasteiger partial charge in [-0.15, -0.1) is 0 Å². The summed E-state index contributed by atoms with van der Waals surface area (Å²) >= 11 is 0. The second-order valence-electron chi connectivity index (χ2n) is 8.49. The lowest BCUT2D eigenvalue weighted by Crippen LogP contribution is -2.29. The number of aliphatic hydroxyl groups is 2. The molecule has 0 aliphatic carbocycles. The van der Waals surface area contributed by atoms with Gasteiger partial charge in [0.2, 0.25) is 0 Å². The van der Waals surface area contributed by atoms with Gasteiger partial charge in [-0.1, -0.05) is 12.1 Å². The van der Waals surface area contributed by atoms with Crippen molar-refractivity contribution in [3.8, 4) is 17.1 Å². The SMILES string of the molecule is CNCC(O)COc1cccc(-c2nc(N[C@@H]3CCOC3)c(C)c(N3CC[C@@H](O)C3)n2)c1. The number of anilines is 2. The number of ether oxygens (including phenoxy) is 2. The number of rotatable bonds is 9. The van der Waals surface area contributed by atoms with Crippen LogP contribution in [0.25, 0.3) is 11.4 Å². The zero-order valence-electron chi connectivity index (χ0n) is 18.8. The molecule has 3 heterocycles. The third-order valence-electron chi connectivity index (χ3n) is 5.83. The van der Waals surface area contributed by atoms with Crippen LogP contribution in [0.15, 0.2) is 24.3 Å². The van der Waals surface area contributed by atoms with Crippen LogP contribution in [0.1, 0.15) is 18.4 Å². The molecule has 3 atom stereocenters. The van der Waals surface area contributed by atoms with Crippen LogP contribution in [-0.4, -0.2) is 84.9 Å². The molecule has 9 nitrogen and oxygen atoms in total. The minimum Gasteiger partial charge on any atom is -0.491 e. The number of likely N-dealkylation sites (N-methyl/N-ethyl adjacent to an activating group) is 1. The topological polar surface area (TPSA) is 112 Å². The van der Waals surface area contributed by atoms with E-state index in [2.05, 4.69) is 15.5 Å². The van der Waals surface area contributed by atoms with Crippen molar-refractivity contribution >= 4 is 11.6 Å². The second kappa shape index (κ2) is 10.4. The van der Waals surface area contributed by atoms with Gasteiger partial charge in [0.1, 0.15) is 30.1 Å². The average Bonchev–Trinajstić information content (AvgIpc) is 3.46. The number of benzene rings is 1. The van der Waals surface area contributed by atoms with Crippen LogP contribution >= 0.6 is 0 Å². The van der Waals surface area contributed by atoms with Crippen molar-refractivity contribution in [2.75, 3.05) is 56.7 Å². The molecule has 2 fully saturated rings. The molecule has 0 radical (unpaired) electrons. The van der Waals surface area contributed by atoms with Crippen LogP contribution in [0.4, 0.5) is 11.6 Å². The molecular formula is C23H33N5O4. The standard InChI is InChI=1S/C23H33N5O4/c1-15-21(25-17-7-9-31-13-17)26-22(27-23(15)28-8-6-18(29)12-28)16-4-3-5-20(10-16)32-14-19(30)11-24-2/h3-5,10,17-19,24,29-30H,6-9,11-14H2,1-2H3,(H,25,26,27)/t17-,18-,19?/m1/s1. The van der Waals surface area contributed by atoms with Gasteiger partial charge in [-0.25, -0.2) is 9.97 Å². The maximum absolute atomic E-state index is 10.1. The van der Waals surface area contributed by atoms with E-state index < -0.39 is 6.10 Å². The number of β-amino-alcohol motifs (C(OH)–C–C–N with tert-alkyl or cyclic N) is 1. The third kappa shape index (κ3) is 5.47. The molecule has 2 aliphatic rings. The summed E-state index contributed by atoms with van der Waals surface area (Å²) in [5, 5.41) is 26.4. The predicted molar refractivity (Wildman–Crippen MR) is 123 cm³/mol. The Morgan fingerprint density at radius 3 is 2.91 bits per heavy atom. The molecule has 9 heteroatoms. The van der Waals surface area contributed by atoms with Crippen molar-refractivity contribution in [3.05, 3.63) is 29.8 Å². The Labute approximate surface area is 188 Å². The predicted octanol–water partition coefficient (Wildman–Crippen LogP) is 1.18. The molecule has 2 saturated heterocycles. The van der Waals surface area contributed by atoms with Crippen LogP contribution in [0, 0.1) is 6.92 Å². The Balaban J connectivity index is 1.63. The maximum Gasteiger partial charge on any atom is 0.164 e. The molecule has 0 bridgehead atoms. The van der Waals surface area contributed by atoms with Gasteiger partial charge in [0.25, 0.3) is 0 Å². The van der Waals surface area contributed by atoms with Crippen molar-refractivity contribution in [2.45, 2.75) is 38.0 Å². The molecule has 2 aliphatic heterocycles. The van der Waals surface area contributed by atoms with Gasteiger partial charge in [0, 0.05) is 37.4 Å². The fraction of sp³-hybridized carbons (Fsp3) is 0.565. The van der Waals surface area contributed by atoms with Gasteiger partial charge in [0.05, 0.1) is 18.8 Å². The van der Waals surface area contributed by atoms with Crippen molar-refractivity contribution in [1.82, 2.24) is 15.3 Å². The smallest absolute Gasteiger partial charge is 0.164 e. The number of aliphatic hydroxyl groups excluding tert-OH is 2. The summed E-state index contributed by atoms with van der Waals surface area (Å²) in [6, 6.07) is 7.82. The second-order valence-corrected chi connectivity index (χ2v) is 8.49. The lowest BCUT2D eigenvalue weighted by atomic mass is 10.1. The quantitative estimate of drug-likeness (QED) is 0.454. The van der Waals surface area contributed by atoms with Crippen LogP contribution in [0.5, 0.6) is 5.75 Å². The van der Waals surface area contributed by atoms with E-state index in [1.807, 2.05) is 31.2 Å². The van der Waals surface area contributed by atoms with Gasteiger partial charge in [0.15, 0.2) is 5.82 Å². The summed E-state index contributed by atoms with van der Waals surface area (Å²) in [5.41, 5.74) is 1.80. The van der Waals surface area contributed by atoms with Crippen LogP contribution in [-0.2, 0) is 4.74 Å². The normalized spacial score (nSPS) is 21.7. The summed E-state index contributed by atoms with van der Waals surface area (Å²) in [7, 11) is 1.79. The Hall–Kier alpha value is -2.46. The molecular weight excluding hydrogens is 410 g/mol. The molecule has 4 N–H and O–H groups in total. The summed E-state index contributed by atoms with van der Waals surface area (Å²) in [5.74, 6) is 2.87. The first kappa shape index (κ1) is 22.7. The molecule has 0 amide bonds. The molecule has 1 aromatic carbocycles.